The Bertz CT molecular complexity index is 529. The van der Waals surface area contributed by atoms with Crippen LogP contribution in [-0.2, 0) is 6.54 Å². The van der Waals surface area contributed by atoms with Crippen LogP contribution >= 0.6 is 0 Å². The molecule has 0 amide bonds. The van der Waals surface area contributed by atoms with Gasteiger partial charge in [-0.15, -0.1) is 0 Å². The van der Waals surface area contributed by atoms with Gasteiger partial charge in [0.25, 0.3) is 0 Å². The Hall–Kier alpha value is -2.10. The Labute approximate surface area is 100 Å². The lowest BCUT2D eigenvalue weighted by atomic mass is 10.2. The van der Waals surface area contributed by atoms with Crippen molar-refractivity contribution in [3.05, 3.63) is 52.8 Å². The van der Waals surface area contributed by atoms with Crippen LogP contribution in [0.5, 0.6) is 0 Å². The van der Waals surface area contributed by atoms with Crippen molar-refractivity contribution < 1.29 is 5.21 Å². The molecule has 0 unspecified atom stereocenters. The van der Waals surface area contributed by atoms with E-state index in [4.69, 9.17) is 5.21 Å². The number of hydrogen-bond acceptors (Lipinski definition) is 3. The molecule has 2 aromatic rings. The highest BCUT2D eigenvalue weighted by Gasteiger charge is 2.09. The van der Waals surface area contributed by atoms with Gasteiger partial charge in [-0.2, -0.15) is 5.10 Å². The molecule has 0 aliphatic carbocycles. The van der Waals surface area contributed by atoms with Gasteiger partial charge >= 0.3 is 0 Å². The second kappa shape index (κ2) is 4.82. The number of oxime groups is 1. The SMILES string of the molecule is Cc1nn(Cc2ccccc2)c(C)c1/C=N\O. The van der Waals surface area contributed by atoms with Gasteiger partial charge in [0.2, 0.25) is 0 Å². The van der Waals surface area contributed by atoms with Crippen LogP contribution in [0.2, 0.25) is 0 Å². The lowest BCUT2D eigenvalue weighted by Gasteiger charge is -2.04. The first-order valence-electron chi connectivity index (χ1n) is 5.47. The van der Waals surface area contributed by atoms with Crippen molar-refractivity contribution in [3.8, 4) is 0 Å². The number of aryl methyl sites for hydroxylation is 1. The second-order valence-electron chi connectivity index (χ2n) is 3.97. The maximum atomic E-state index is 8.60. The van der Waals surface area contributed by atoms with Crippen molar-refractivity contribution in [2.75, 3.05) is 0 Å². The predicted octanol–water partition coefficient (Wildman–Crippen LogP) is 2.36. The fraction of sp³-hybridized carbons (Fsp3) is 0.231. The summed E-state index contributed by atoms with van der Waals surface area (Å²) in [6.45, 7) is 4.61. The Kier molecular flexibility index (Phi) is 3.23. The standard InChI is InChI=1S/C13H15N3O/c1-10-13(8-14-17)11(2)16(15-10)9-12-6-4-3-5-7-12/h3-8,17H,9H2,1-2H3/b14-8-. The zero-order chi connectivity index (χ0) is 12.3. The molecular weight excluding hydrogens is 214 g/mol. The van der Waals surface area contributed by atoms with Crippen molar-refractivity contribution in [2.24, 2.45) is 5.16 Å². The van der Waals surface area contributed by atoms with Crippen molar-refractivity contribution in [3.63, 3.8) is 0 Å². The normalized spacial score (nSPS) is 11.2. The molecule has 0 atom stereocenters. The molecule has 0 saturated heterocycles. The Morgan fingerprint density at radius 2 is 2.00 bits per heavy atom. The van der Waals surface area contributed by atoms with Crippen LogP contribution < -0.4 is 0 Å². The highest BCUT2D eigenvalue weighted by Crippen LogP contribution is 2.12. The van der Waals surface area contributed by atoms with Gasteiger partial charge in [0.1, 0.15) is 0 Å². The molecule has 0 bridgehead atoms. The lowest BCUT2D eigenvalue weighted by molar-refractivity contribution is 0.322. The smallest absolute Gasteiger partial charge is 0.0770 e. The summed E-state index contributed by atoms with van der Waals surface area (Å²) in [7, 11) is 0. The largest absolute Gasteiger partial charge is 0.411 e. The van der Waals surface area contributed by atoms with E-state index in [9.17, 15) is 0 Å². The molecule has 4 heteroatoms. The van der Waals surface area contributed by atoms with Crippen molar-refractivity contribution in [1.29, 1.82) is 0 Å². The van der Waals surface area contributed by atoms with Gasteiger partial charge in [0.15, 0.2) is 0 Å². The third-order valence-electron chi connectivity index (χ3n) is 2.80. The maximum Gasteiger partial charge on any atom is 0.0770 e. The summed E-state index contributed by atoms with van der Waals surface area (Å²) < 4.78 is 1.92. The minimum Gasteiger partial charge on any atom is -0.411 e. The molecule has 88 valence electrons. The first kappa shape index (κ1) is 11.4. The van der Waals surface area contributed by atoms with E-state index < -0.39 is 0 Å². The molecule has 0 aliphatic rings. The van der Waals surface area contributed by atoms with E-state index in [0.717, 1.165) is 23.5 Å². The fourth-order valence-electron chi connectivity index (χ4n) is 1.87. The predicted molar refractivity (Wildman–Crippen MR) is 66.6 cm³/mol. The molecular formula is C13H15N3O. The van der Waals surface area contributed by atoms with Gasteiger partial charge in [-0.05, 0) is 19.4 Å². The summed E-state index contributed by atoms with van der Waals surface area (Å²) in [5.41, 5.74) is 3.95. The summed E-state index contributed by atoms with van der Waals surface area (Å²) in [6.07, 6.45) is 1.43. The van der Waals surface area contributed by atoms with Crippen LogP contribution in [0.4, 0.5) is 0 Å². The third-order valence-corrected chi connectivity index (χ3v) is 2.80. The zero-order valence-electron chi connectivity index (χ0n) is 9.96. The van der Waals surface area contributed by atoms with Crippen LogP contribution in [0.15, 0.2) is 35.5 Å². The van der Waals surface area contributed by atoms with Gasteiger partial charge in [-0.3, -0.25) is 4.68 Å². The quantitative estimate of drug-likeness (QED) is 0.499. The first-order valence-corrected chi connectivity index (χ1v) is 5.47. The summed E-state index contributed by atoms with van der Waals surface area (Å²) in [4.78, 5) is 0. The van der Waals surface area contributed by atoms with Crippen molar-refractivity contribution in [2.45, 2.75) is 20.4 Å². The number of rotatable bonds is 3. The van der Waals surface area contributed by atoms with Crippen molar-refractivity contribution >= 4 is 6.21 Å². The van der Waals surface area contributed by atoms with Crippen molar-refractivity contribution in [1.82, 2.24) is 9.78 Å². The minimum atomic E-state index is 0.729. The van der Waals surface area contributed by atoms with E-state index >= 15 is 0 Å². The van der Waals surface area contributed by atoms with Gasteiger partial charge in [0, 0.05) is 11.3 Å². The second-order valence-corrected chi connectivity index (χ2v) is 3.97. The van der Waals surface area contributed by atoms with E-state index in [0.29, 0.717) is 0 Å². The van der Waals surface area contributed by atoms with Crippen LogP contribution in [0, 0.1) is 13.8 Å². The molecule has 2 rings (SSSR count). The lowest BCUT2D eigenvalue weighted by Crippen LogP contribution is -2.04. The zero-order valence-corrected chi connectivity index (χ0v) is 9.96. The molecule has 0 radical (unpaired) electrons. The summed E-state index contributed by atoms with van der Waals surface area (Å²) >= 11 is 0. The number of benzene rings is 1. The van der Waals surface area contributed by atoms with E-state index in [1.54, 1.807) is 0 Å². The topological polar surface area (TPSA) is 50.4 Å². The monoisotopic (exact) mass is 229 g/mol. The van der Waals surface area contributed by atoms with E-state index in [-0.39, 0.29) is 0 Å². The summed E-state index contributed by atoms with van der Waals surface area (Å²) in [6, 6.07) is 10.1. The Balaban J connectivity index is 2.32. The molecule has 4 nitrogen and oxygen atoms in total. The molecule has 0 saturated carbocycles. The van der Waals surface area contributed by atoms with Crippen LogP contribution in [0.25, 0.3) is 0 Å². The summed E-state index contributed by atoms with van der Waals surface area (Å²) in [5, 5.41) is 16.1. The average Bonchev–Trinajstić information content (AvgIpc) is 2.59. The molecule has 0 spiro atoms. The molecule has 0 fully saturated rings. The molecule has 1 aromatic heterocycles. The first-order chi connectivity index (χ1) is 8.22. The molecule has 0 aliphatic heterocycles. The minimum absolute atomic E-state index is 0.729. The number of nitrogens with zero attached hydrogens (tertiary/aromatic N) is 3. The van der Waals surface area contributed by atoms with Gasteiger partial charge in [0.05, 0.1) is 18.5 Å². The number of hydrogen-bond donors (Lipinski definition) is 1. The van der Waals surface area contributed by atoms with Gasteiger partial charge < -0.3 is 5.21 Å². The highest BCUT2D eigenvalue weighted by atomic mass is 16.4. The maximum absolute atomic E-state index is 8.60. The average molecular weight is 229 g/mol. The molecule has 1 heterocycles. The fourth-order valence-corrected chi connectivity index (χ4v) is 1.87. The summed E-state index contributed by atoms with van der Waals surface area (Å²) in [5.74, 6) is 0. The van der Waals surface area contributed by atoms with E-state index in [2.05, 4.69) is 22.4 Å². The van der Waals surface area contributed by atoms with Crippen LogP contribution in [0.1, 0.15) is 22.5 Å². The highest BCUT2D eigenvalue weighted by molar-refractivity contribution is 5.82. The molecule has 17 heavy (non-hydrogen) atoms. The molecule has 1 N–H and O–H groups in total. The third kappa shape index (κ3) is 2.36. The Morgan fingerprint density at radius 1 is 1.29 bits per heavy atom. The van der Waals surface area contributed by atoms with E-state index in [1.165, 1.54) is 11.8 Å². The van der Waals surface area contributed by atoms with Gasteiger partial charge in [-0.1, -0.05) is 35.5 Å². The van der Waals surface area contributed by atoms with Gasteiger partial charge in [-0.25, -0.2) is 0 Å². The molecule has 1 aromatic carbocycles. The Morgan fingerprint density at radius 3 is 2.65 bits per heavy atom. The van der Waals surface area contributed by atoms with Crippen LogP contribution in [-0.4, -0.2) is 21.2 Å². The van der Waals surface area contributed by atoms with Crippen LogP contribution in [0.3, 0.4) is 0 Å². The number of aromatic nitrogens is 2. The van der Waals surface area contributed by atoms with E-state index in [1.807, 2.05) is 36.7 Å².